The lowest BCUT2D eigenvalue weighted by atomic mass is 9.84. The van der Waals surface area contributed by atoms with Crippen LogP contribution in [0, 0.1) is 13.8 Å². The van der Waals surface area contributed by atoms with Crippen LogP contribution in [-0.4, -0.2) is 0 Å². The van der Waals surface area contributed by atoms with Gasteiger partial charge in [-0.15, -0.1) is 0 Å². The summed E-state index contributed by atoms with van der Waals surface area (Å²) in [5.41, 5.74) is 11.2. The van der Waals surface area contributed by atoms with Gasteiger partial charge in [-0.1, -0.05) is 103 Å². The lowest BCUT2D eigenvalue weighted by molar-refractivity contribution is 1.29. The topological polar surface area (TPSA) is 3.24 Å². The lowest BCUT2D eigenvalue weighted by Gasteiger charge is -2.27. The predicted molar refractivity (Wildman–Crippen MR) is 159 cm³/mol. The highest BCUT2D eigenvalue weighted by Crippen LogP contribution is 2.44. The fourth-order valence-corrected chi connectivity index (χ4v) is 5.43. The second kappa shape index (κ2) is 9.79. The van der Waals surface area contributed by atoms with Crippen LogP contribution in [0.25, 0.3) is 33.0 Å². The van der Waals surface area contributed by atoms with Gasteiger partial charge in [-0.25, -0.2) is 0 Å². The van der Waals surface area contributed by atoms with Crippen molar-refractivity contribution in [2.45, 2.75) is 13.8 Å². The SMILES string of the molecule is Cc1c(C)c(-c2ccccc2)c2cc(N(c3ccccc3)c3ccccc3)ccc2c1-c1ccccc1. The summed E-state index contributed by atoms with van der Waals surface area (Å²) in [6, 6.07) is 49.7. The van der Waals surface area contributed by atoms with Gasteiger partial charge in [0.1, 0.15) is 0 Å². The minimum absolute atomic E-state index is 1.14. The standard InChI is InChI=1S/C36H29N/c1-26-27(2)36(29-17-9-4-10-18-29)34-25-32(23-24-33(34)35(26)28-15-7-3-8-16-28)37(30-19-11-5-12-20-30)31-21-13-6-14-22-31/h3-25H,1-2H3. The monoisotopic (exact) mass is 475 g/mol. The molecule has 0 fully saturated rings. The summed E-state index contributed by atoms with van der Waals surface area (Å²) in [6.07, 6.45) is 0. The second-order valence-corrected chi connectivity index (χ2v) is 9.47. The quantitative estimate of drug-likeness (QED) is 0.240. The molecule has 0 aliphatic carbocycles. The highest BCUT2D eigenvalue weighted by atomic mass is 15.1. The van der Waals surface area contributed by atoms with Gasteiger partial charge >= 0.3 is 0 Å². The Labute approximate surface area is 219 Å². The molecule has 0 bridgehead atoms. The number of para-hydroxylation sites is 2. The predicted octanol–water partition coefficient (Wildman–Crippen LogP) is 10.3. The molecule has 0 saturated heterocycles. The molecular weight excluding hydrogens is 446 g/mol. The van der Waals surface area contributed by atoms with Crippen molar-refractivity contribution in [3.8, 4) is 22.3 Å². The van der Waals surface area contributed by atoms with Crippen LogP contribution in [-0.2, 0) is 0 Å². The molecule has 0 amide bonds. The molecule has 0 spiro atoms. The normalized spacial score (nSPS) is 11.0. The number of hydrogen-bond acceptors (Lipinski definition) is 1. The second-order valence-electron chi connectivity index (χ2n) is 9.47. The third-order valence-corrected chi connectivity index (χ3v) is 7.27. The first-order valence-corrected chi connectivity index (χ1v) is 12.8. The zero-order valence-corrected chi connectivity index (χ0v) is 21.2. The summed E-state index contributed by atoms with van der Waals surface area (Å²) in [5, 5.41) is 2.54. The zero-order chi connectivity index (χ0) is 25.2. The smallest absolute Gasteiger partial charge is 0.0468 e. The maximum atomic E-state index is 2.37. The molecule has 1 heteroatoms. The van der Waals surface area contributed by atoms with Crippen LogP contribution in [0.2, 0.25) is 0 Å². The van der Waals surface area contributed by atoms with E-state index in [1.165, 1.54) is 44.2 Å². The van der Waals surface area contributed by atoms with Crippen molar-refractivity contribution < 1.29 is 0 Å². The van der Waals surface area contributed by atoms with E-state index in [0.29, 0.717) is 0 Å². The van der Waals surface area contributed by atoms with Crippen LogP contribution in [0.4, 0.5) is 17.1 Å². The summed E-state index contributed by atoms with van der Waals surface area (Å²) < 4.78 is 0. The van der Waals surface area contributed by atoms with E-state index in [-0.39, 0.29) is 0 Å². The molecule has 0 heterocycles. The van der Waals surface area contributed by atoms with E-state index in [1.807, 2.05) is 0 Å². The molecule has 0 unspecified atom stereocenters. The average Bonchev–Trinajstić information content (AvgIpc) is 2.96. The molecule has 0 aromatic heterocycles. The van der Waals surface area contributed by atoms with E-state index in [2.05, 4.69) is 158 Å². The van der Waals surface area contributed by atoms with Crippen molar-refractivity contribution in [2.75, 3.05) is 4.90 Å². The van der Waals surface area contributed by atoms with Crippen molar-refractivity contribution in [3.63, 3.8) is 0 Å². The first-order chi connectivity index (χ1) is 18.2. The van der Waals surface area contributed by atoms with Crippen molar-refractivity contribution in [1.82, 2.24) is 0 Å². The summed E-state index contributed by atoms with van der Waals surface area (Å²) in [4.78, 5) is 2.34. The number of anilines is 3. The molecule has 0 N–H and O–H groups in total. The van der Waals surface area contributed by atoms with Gasteiger partial charge in [0.05, 0.1) is 0 Å². The molecule has 6 rings (SSSR count). The van der Waals surface area contributed by atoms with Crippen LogP contribution >= 0.6 is 0 Å². The Morgan fingerprint density at radius 2 is 0.784 bits per heavy atom. The number of hydrogen-bond donors (Lipinski definition) is 0. The Balaban J connectivity index is 1.68. The first kappa shape index (κ1) is 22.8. The molecule has 37 heavy (non-hydrogen) atoms. The number of rotatable bonds is 5. The molecule has 6 aromatic carbocycles. The van der Waals surface area contributed by atoms with Crippen LogP contribution in [0.15, 0.2) is 140 Å². The lowest BCUT2D eigenvalue weighted by Crippen LogP contribution is -2.09. The molecule has 0 radical (unpaired) electrons. The van der Waals surface area contributed by atoms with E-state index < -0.39 is 0 Å². The van der Waals surface area contributed by atoms with Gasteiger partial charge in [0, 0.05) is 17.1 Å². The minimum Gasteiger partial charge on any atom is -0.310 e. The van der Waals surface area contributed by atoms with Crippen molar-refractivity contribution in [1.29, 1.82) is 0 Å². The minimum atomic E-state index is 1.14. The van der Waals surface area contributed by atoms with Crippen molar-refractivity contribution in [2.24, 2.45) is 0 Å². The van der Waals surface area contributed by atoms with E-state index in [9.17, 15) is 0 Å². The highest BCUT2D eigenvalue weighted by Gasteiger charge is 2.19. The fraction of sp³-hybridized carbons (Fsp3) is 0.0556. The third kappa shape index (κ3) is 4.19. The number of nitrogens with zero attached hydrogens (tertiary/aromatic N) is 1. The Morgan fingerprint density at radius 3 is 1.24 bits per heavy atom. The van der Waals surface area contributed by atoms with E-state index in [4.69, 9.17) is 0 Å². The molecular formula is C36H29N. The van der Waals surface area contributed by atoms with E-state index >= 15 is 0 Å². The molecule has 0 aliphatic rings. The van der Waals surface area contributed by atoms with Crippen LogP contribution in [0.3, 0.4) is 0 Å². The zero-order valence-electron chi connectivity index (χ0n) is 21.2. The summed E-state index contributed by atoms with van der Waals surface area (Å²) >= 11 is 0. The van der Waals surface area contributed by atoms with Crippen LogP contribution < -0.4 is 4.90 Å². The van der Waals surface area contributed by atoms with Crippen LogP contribution in [0.1, 0.15) is 11.1 Å². The highest BCUT2D eigenvalue weighted by molar-refractivity contribution is 6.09. The average molecular weight is 476 g/mol. The molecule has 0 atom stereocenters. The molecule has 1 nitrogen and oxygen atoms in total. The Hall–Kier alpha value is -4.62. The van der Waals surface area contributed by atoms with Gasteiger partial charge < -0.3 is 4.90 Å². The largest absolute Gasteiger partial charge is 0.310 e. The number of fused-ring (bicyclic) bond motifs is 1. The first-order valence-electron chi connectivity index (χ1n) is 12.8. The summed E-state index contributed by atoms with van der Waals surface area (Å²) in [7, 11) is 0. The van der Waals surface area contributed by atoms with E-state index in [1.54, 1.807) is 0 Å². The van der Waals surface area contributed by atoms with Gasteiger partial charge in [-0.3, -0.25) is 0 Å². The number of benzene rings is 6. The van der Waals surface area contributed by atoms with Crippen LogP contribution in [0.5, 0.6) is 0 Å². The van der Waals surface area contributed by atoms with Gasteiger partial charge in [0.15, 0.2) is 0 Å². The maximum absolute atomic E-state index is 2.37. The maximum Gasteiger partial charge on any atom is 0.0468 e. The van der Waals surface area contributed by atoms with E-state index in [0.717, 1.165) is 17.1 Å². The summed E-state index contributed by atoms with van der Waals surface area (Å²) in [6.45, 7) is 4.53. The van der Waals surface area contributed by atoms with Crippen molar-refractivity contribution in [3.05, 3.63) is 151 Å². The Kier molecular flexibility index (Phi) is 6.04. The Morgan fingerprint density at radius 1 is 0.378 bits per heavy atom. The fourth-order valence-electron chi connectivity index (χ4n) is 5.43. The van der Waals surface area contributed by atoms with Crippen molar-refractivity contribution >= 4 is 27.8 Å². The molecule has 6 aromatic rings. The van der Waals surface area contributed by atoms with Gasteiger partial charge in [0.2, 0.25) is 0 Å². The molecule has 0 aliphatic heterocycles. The summed E-state index contributed by atoms with van der Waals surface area (Å²) in [5.74, 6) is 0. The third-order valence-electron chi connectivity index (χ3n) is 7.27. The Bertz CT molecular complexity index is 1620. The molecule has 0 saturated carbocycles. The van der Waals surface area contributed by atoms with Gasteiger partial charge in [-0.05, 0) is 94.4 Å². The molecule has 178 valence electrons. The van der Waals surface area contributed by atoms with Gasteiger partial charge in [-0.2, -0.15) is 0 Å². The van der Waals surface area contributed by atoms with Gasteiger partial charge in [0.25, 0.3) is 0 Å².